The summed E-state index contributed by atoms with van der Waals surface area (Å²) in [5, 5.41) is 3.82. The quantitative estimate of drug-likeness (QED) is 0.858. The first-order chi connectivity index (χ1) is 8.64. The van der Waals surface area contributed by atoms with Crippen molar-refractivity contribution in [1.29, 1.82) is 0 Å². The maximum atomic E-state index is 6.18. The molecule has 1 aromatic carbocycles. The van der Waals surface area contributed by atoms with Gasteiger partial charge in [0.15, 0.2) is 0 Å². The summed E-state index contributed by atoms with van der Waals surface area (Å²) in [6.07, 6.45) is 6.11. The van der Waals surface area contributed by atoms with E-state index in [4.69, 9.17) is 5.73 Å². The predicted molar refractivity (Wildman–Crippen MR) is 75.6 cm³/mol. The molecule has 0 bridgehead atoms. The number of hydrogen-bond donors (Lipinski definition) is 2. The van der Waals surface area contributed by atoms with E-state index >= 15 is 0 Å². The minimum atomic E-state index is 0.0839. The molecular formula is C16H24N2. The van der Waals surface area contributed by atoms with Gasteiger partial charge >= 0.3 is 0 Å². The van der Waals surface area contributed by atoms with Crippen molar-refractivity contribution < 1.29 is 0 Å². The zero-order valence-corrected chi connectivity index (χ0v) is 11.2. The Morgan fingerprint density at radius 1 is 1.17 bits per heavy atom. The van der Waals surface area contributed by atoms with Crippen molar-refractivity contribution in [1.82, 2.24) is 5.32 Å². The van der Waals surface area contributed by atoms with Gasteiger partial charge in [0, 0.05) is 23.5 Å². The van der Waals surface area contributed by atoms with E-state index in [0.29, 0.717) is 12.1 Å². The summed E-state index contributed by atoms with van der Waals surface area (Å²) in [5.41, 5.74) is 7.76. The predicted octanol–water partition coefficient (Wildman–Crippen LogP) is 2.79. The van der Waals surface area contributed by atoms with E-state index in [1.807, 2.05) is 0 Å². The second kappa shape index (κ2) is 4.67. The zero-order valence-electron chi connectivity index (χ0n) is 11.2. The third-order valence-corrected chi connectivity index (χ3v) is 4.60. The normalized spacial score (nSPS) is 39.6. The minimum Gasteiger partial charge on any atom is -0.325 e. The standard InChI is InChI=1S/C16H24N2/c1-16(17)9-7-13(8-10-16)18-15-11-14(15)12-5-3-2-4-6-12/h2-6,13-15,18H,7-11,17H2,1H3. The first-order valence-corrected chi connectivity index (χ1v) is 7.24. The van der Waals surface area contributed by atoms with Gasteiger partial charge in [-0.25, -0.2) is 0 Å². The molecule has 0 spiro atoms. The van der Waals surface area contributed by atoms with Gasteiger partial charge in [-0.15, -0.1) is 0 Å². The van der Waals surface area contributed by atoms with Gasteiger partial charge in [0.2, 0.25) is 0 Å². The summed E-state index contributed by atoms with van der Waals surface area (Å²) in [5.74, 6) is 0.748. The van der Waals surface area contributed by atoms with Crippen LogP contribution < -0.4 is 11.1 Å². The highest BCUT2D eigenvalue weighted by molar-refractivity contribution is 5.27. The summed E-state index contributed by atoms with van der Waals surface area (Å²) < 4.78 is 0. The molecule has 2 aliphatic carbocycles. The Morgan fingerprint density at radius 3 is 2.50 bits per heavy atom. The van der Waals surface area contributed by atoms with E-state index < -0.39 is 0 Å². The molecule has 18 heavy (non-hydrogen) atoms. The Hall–Kier alpha value is -0.860. The first kappa shape index (κ1) is 12.2. The minimum absolute atomic E-state index is 0.0839. The van der Waals surface area contributed by atoms with Crippen LogP contribution in [0.25, 0.3) is 0 Å². The molecule has 2 saturated carbocycles. The maximum absolute atomic E-state index is 6.18. The van der Waals surface area contributed by atoms with Crippen molar-refractivity contribution in [2.45, 2.75) is 62.6 Å². The molecule has 0 saturated heterocycles. The Kier molecular flexibility index (Phi) is 3.16. The lowest BCUT2D eigenvalue weighted by Gasteiger charge is -2.34. The van der Waals surface area contributed by atoms with Crippen molar-refractivity contribution in [2.24, 2.45) is 5.73 Å². The molecule has 2 nitrogen and oxygen atoms in total. The molecule has 0 aliphatic heterocycles. The van der Waals surface area contributed by atoms with Crippen molar-refractivity contribution in [3.8, 4) is 0 Å². The molecule has 3 N–H and O–H groups in total. The number of rotatable bonds is 3. The molecule has 2 heteroatoms. The van der Waals surface area contributed by atoms with Crippen LogP contribution in [0.3, 0.4) is 0 Å². The number of benzene rings is 1. The van der Waals surface area contributed by atoms with E-state index in [1.54, 1.807) is 0 Å². The van der Waals surface area contributed by atoms with Crippen LogP contribution in [0.4, 0.5) is 0 Å². The van der Waals surface area contributed by atoms with Gasteiger partial charge in [-0.1, -0.05) is 30.3 Å². The molecule has 3 rings (SSSR count). The fourth-order valence-electron chi connectivity index (χ4n) is 3.19. The second-order valence-corrected chi connectivity index (χ2v) is 6.45. The average molecular weight is 244 g/mol. The summed E-state index contributed by atoms with van der Waals surface area (Å²) >= 11 is 0. The smallest absolute Gasteiger partial charge is 0.0145 e. The molecule has 0 heterocycles. The molecular weight excluding hydrogens is 220 g/mol. The average Bonchev–Trinajstić information content (AvgIpc) is 3.12. The topological polar surface area (TPSA) is 38.0 Å². The highest BCUT2D eigenvalue weighted by Gasteiger charge is 2.40. The molecule has 1 aromatic rings. The van der Waals surface area contributed by atoms with Gasteiger partial charge in [-0.3, -0.25) is 0 Å². The van der Waals surface area contributed by atoms with Gasteiger partial charge in [0.25, 0.3) is 0 Å². The number of hydrogen-bond acceptors (Lipinski definition) is 2. The molecule has 2 aliphatic rings. The molecule has 0 radical (unpaired) electrons. The van der Waals surface area contributed by atoms with Gasteiger partial charge in [0.05, 0.1) is 0 Å². The third-order valence-electron chi connectivity index (χ3n) is 4.60. The van der Waals surface area contributed by atoms with Gasteiger partial charge in [-0.05, 0) is 44.6 Å². The van der Waals surface area contributed by atoms with Crippen molar-refractivity contribution in [3.05, 3.63) is 35.9 Å². The summed E-state index contributed by atoms with van der Waals surface area (Å²) in [4.78, 5) is 0. The highest BCUT2D eigenvalue weighted by Crippen LogP contribution is 2.41. The zero-order chi connectivity index (χ0) is 12.6. The Labute approximate surface area is 110 Å². The van der Waals surface area contributed by atoms with E-state index in [0.717, 1.165) is 18.8 Å². The van der Waals surface area contributed by atoms with Crippen LogP contribution in [0.5, 0.6) is 0 Å². The Balaban J connectivity index is 1.49. The maximum Gasteiger partial charge on any atom is 0.0145 e. The summed E-state index contributed by atoms with van der Waals surface area (Å²) in [7, 11) is 0. The first-order valence-electron chi connectivity index (χ1n) is 7.24. The SMILES string of the molecule is CC1(N)CCC(NC2CC2c2ccccc2)CC1. The monoisotopic (exact) mass is 244 g/mol. The Morgan fingerprint density at radius 2 is 1.83 bits per heavy atom. The molecule has 98 valence electrons. The van der Waals surface area contributed by atoms with Crippen LogP contribution >= 0.6 is 0 Å². The van der Waals surface area contributed by atoms with E-state index in [-0.39, 0.29) is 5.54 Å². The lowest BCUT2D eigenvalue weighted by Crippen LogP contribution is -2.45. The van der Waals surface area contributed by atoms with E-state index in [2.05, 4.69) is 42.6 Å². The number of nitrogens with two attached hydrogens (primary N) is 1. The van der Waals surface area contributed by atoms with Crippen LogP contribution in [-0.4, -0.2) is 17.6 Å². The van der Waals surface area contributed by atoms with Crippen molar-refractivity contribution >= 4 is 0 Å². The van der Waals surface area contributed by atoms with Crippen molar-refractivity contribution in [3.63, 3.8) is 0 Å². The molecule has 0 aromatic heterocycles. The fraction of sp³-hybridized carbons (Fsp3) is 0.625. The van der Waals surface area contributed by atoms with Crippen molar-refractivity contribution in [2.75, 3.05) is 0 Å². The Bertz CT molecular complexity index is 389. The van der Waals surface area contributed by atoms with Crippen LogP contribution in [0.2, 0.25) is 0 Å². The number of nitrogens with one attached hydrogen (secondary N) is 1. The van der Waals surface area contributed by atoms with Crippen LogP contribution in [0, 0.1) is 0 Å². The molecule has 2 unspecified atom stereocenters. The lowest BCUT2D eigenvalue weighted by molar-refractivity contribution is 0.265. The second-order valence-electron chi connectivity index (χ2n) is 6.45. The summed E-state index contributed by atoms with van der Waals surface area (Å²) in [6, 6.07) is 12.3. The van der Waals surface area contributed by atoms with Crippen LogP contribution in [-0.2, 0) is 0 Å². The largest absolute Gasteiger partial charge is 0.325 e. The van der Waals surface area contributed by atoms with Crippen LogP contribution in [0.15, 0.2) is 30.3 Å². The fourth-order valence-corrected chi connectivity index (χ4v) is 3.19. The highest BCUT2D eigenvalue weighted by atomic mass is 15.0. The lowest BCUT2D eigenvalue weighted by atomic mass is 9.81. The van der Waals surface area contributed by atoms with E-state index in [1.165, 1.54) is 24.8 Å². The van der Waals surface area contributed by atoms with Gasteiger partial charge in [-0.2, -0.15) is 0 Å². The third kappa shape index (κ3) is 2.76. The molecule has 0 amide bonds. The van der Waals surface area contributed by atoms with Gasteiger partial charge < -0.3 is 11.1 Å². The van der Waals surface area contributed by atoms with E-state index in [9.17, 15) is 0 Å². The summed E-state index contributed by atoms with van der Waals surface area (Å²) in [6.45, 7) is 2.19. The molecule has 2 atom stereocenters. The van der Waals surface area contributed by atoms with Crippen LogP contribution in [0.1, 0.15) is 50.5 Å². The molecule has 2 fully saturated rings. The van der Waals surface area contributed by atoms with Gasteiger partial charge in [0.1, 0.15) is 0 Å².